The summed E-state index contributed by atoms with van der Waals surface area (Å²) in [4.78, 5) is 15.3. The summed E-state index contributed by atoms with van der Waals surface area (Å²) in [5.41, 5.74) is 1.97. The second-order valence-electron chi connectivity index (χ2n) is 7.91. The molecule has 0 aliphatic rings. The molecule has 3 heteroatoms. The lowest BCUT2D eigenvalue weighted by Crippen LogP contribution is -2.37. The summed E-state index contributed by atoms with van der Waals surface area (Å²) in [6, 6.07) is 29.6. The highest BCUT2D eigenvalue weighted by molar-refractivity contribution is 5.78. The average Bonchev–Trinajstić information content (AvgIpc) is 2.74. The molecule has 0 bridgehead atoms. The average molecular weight is 388 g/mol. The minimum absolute atomic E-state index is 0.0499. The summed E-state index contributed by atoms with van der Waals surface area (Å²) < 4.78 is 0. The topological polar surface area (TPSA) is 40.5 Å². The van der Waals surface area contributed by atoms with Crippen LogP contribution in [0.25, 0.3) is 0 Å². The fraction of sp³-hybridized carbons (Fsp3) is 0.269. The van der Waals surface area contributed by atoms with Crippen molar-refractivity contribution in [2.24, 2.45) is 5.92 Å². The van der Waals surface area contributed by atoms with Gasteiger partial charge in [-0.15, -0.1) is 0 Å². The maximum absolute atomic E-state index is 13.4. The van der Waals surface area contributed by atoms with E-state index in [0.717, 1.165) is 16.7 Å². The van der Waals surface area contributed by atoms with Gasteiger partial charge in [-0.2, -0.15) is 0 Å². The first kappa shape index (κ1) is 20.8. The molecule has 0 saturated carbocycles. The molecule has 150 valence electrons. The molecule has 3 nitrogen and oxygen atoms in total. The van der Waals surface area contributed by atoms with E-state index in [1.54, 1.807) is 6.92 Å². The quantitative estimate of drug-likeness (QED) is 0.581. The summed E-state index contributed by atoms with van der Waals surface area (Å²) in [6.07, 6.45) is 0.371. The van der Waals surface area contributed by atoms with Gasteiger partial charge >= 0.3 is 0 Å². The lowest BCUT2D eigenvalue weighted by molar-refractivity contribution is -0.138. The highest BCUT2D eigenvalue weighted by atomic mass is 16.3. The Hall–Kier alpha value is -2.91. The van der Waals surface area contributed by atoms with Crippen LogP contribution in [0.5, 0.6) is 0 Å². The summed E-state index contributed by atoms with van der Waals surface area (Å²) in [5, 5.41) is 11.0. The second kappa shape index (κ2) is 9.53. The molecule has 0 aliphatic carbocycles. The van der Waals surface area contributed by atoms with Crippen LogP contribution in [0, 0.1) is 5.92 Å². The molecule has 0 fully saturated rings. The molecule has 1 amide bonds. The largest absolute Gasteiger partial charge is 0.385 e. The Morgan fingerprint density at radius 1 is 0.828 bits per heavy atom. The Morgan fingerprint density at radius 2 is 1.24 bits per heavy atom. The highest BCUT2D eigenvalue weighted by Gasteiger charge is 2.30. The Morgan fingerprint density at radius 3 is 1.69 bits per heavy atom. The fourth-order valence-corrected chi connectivity index (χ4v) is 3.73. The molecule has 0 saturated heterocycles. The van der Waals surface area contributed by atoms with Gasteiger partial charge < -0.3 is 10.0 Å². The van der Waals surface area contributed by atoms with Gasteiger partial charge in [-0.05, 0) is 30.0 Å². The van der Waals surface area contributed by atoms with E-state index in [1.807, 2.05) is 103 Å². The number of carbonyl (C=O) groups excluding carboxylic acids is 1. The van der Waals surface area contributed by atoms with Crippen LogP contribution < -0.4 is 0 Å². The normalized spacial score (nSPS) is 14.0. The van der Waals surface area contributed by atoms with Crippen LogP contribution in [0.3, 0.4) is 0 Å². The Labute approximate surface area is 173 Å². The lowest BCUT2D eigenvalue weighted by Gasteiger charge is -2.31. The number of rotatable bonds is 8. The maximum atomic E-state index is 13.4. The van der Waals surface area contributed by atoms with Crippen molar-refractivity contribution in [3.8, 4) is 0 Å². The molecular weight excluding hydrogens is 358 g/mol. The molecule has 2 atom stereocenters. The summed E-state index contributed by atoms with van der Waals surface area (Å²) >= 11 is 0. The summed E-state index contributed by atoms with van der Waals surface area (Å²) in [5.74, 6) is -0.258. The molecule has 3 rings (SSSR count). The van der Waals surface area contributed by atoms with Crippen molar-refractivity contribution in [3.63, 3.8) is 0 Å². The maximum Gasteiger partial charge on any atom is 0.226 e. The van der Waals surface area contributed by atoms with Gasteiger partial charge in [-0.25, -0.2) is 0 Å². The SMILES string of the molecule is C[C@H](C[C@](C)(O)c1ccccc1)C(=O)N(Cc1ccccc1)Cc1ccccc1. The molecule has 0 aromatic heterocycles. The second-order valence-corrected chi connectivity index (χ2v) is 7.91. The van der Waals surface area contributed by atoms with Crippen molar-refractivity contribution in [1.29, 1.82) is 0 Å². The van der Waals surface area contributed by atoms with Gasteiger partial charge in [-0.3, -0.25) is 4.79 Å². The van der Waals surface area contributed by atoms with E-state index < -0.39 is 5.60 Å². The zero-order chi connectivity index (χ0) is 20.7. The van der Waals surface area contributed by atoms with E-state index in [1.165, 1.54) is 0 Å². The van der Waals surface area contributed by atoms with Crippen LogP contribution in [-0.4, -0.2) is 15.9 Å². The number of carbonyl (C=O) groups is 1. The van der Waals surface area contributed by atoms with E-state index in [4.69, 9.17) is 0 Å². The third-order valence-corrected chi connectivity index (χ3v) is 5.27. The van der Waals surface area contributed by atoms with Gasteiger partial charge in [0, 0.05) is 19.0 Å². The molecule has 3 aromatic rings. The van der Waals surface area contributed by atoms with Crippen molar-refractivity contribution in [3.05, 3.63) is 108 Å². The summed E-state index contributed by atoms with van der Waals surface area (Å²) in [6.45, 7) is 4.78. The predicted molar refractivity (Wildman–Crippen MR) is 117 cm³/mol. The number of nitrogens with zero attached hydrogens (tertiary/aromatic N) is 1. The van der Waals surface area contributed by atoms with Crippen LogP contribution in [0.1, 0.15) is 37.0 Å². The van der Waals surface area contributed by atoms with E-state index in [0.29, 0.717) is 19.5 Å². The van der Waals surface area contributed by atoms with Gasteiger partial charge in [0.2, 0.25) is 5.91 Å². The first-order valence-corrected chi connectivity index (χ1v) is 10.1. The Kier molecular flexibility index (Phi) is 6.84. The molecule has 0 unspecified atom stereocenters. The fourth-order valence-electron chi connectivity index (χ4n) is 3.73. The van der Waals surface area contributed by atoms with E-state index in [2.05, 4.69) is 0 Å². The molecular formula is C26H29NO2. The van der Waals surface area contributed by atoms with Crippen molar-refractivity contribution >= 4 is 5.91 Å². The zero-order valence-corrected chi connectivity index (χ0v) is 17.2. The number of hydrogen-bond donors (Lipinski definition) is 1. The standard InChI is InChI=1S/C26H29NO2/c1-21(18-26(2,29)24-16-10-5-11-17-24)25(28)27(19-22-12-6-3-7-13-22)20-23-14-8-4-9-15-23/h3-17,21,29H,18-20H2,1-2H3/t21-,26+/m1/s1. The Bertz CT molecular complexity index is 850. The smallest absolute Gasteiger partial charge is 0.226 e. The number of benzene rings is 3. The number of amides is 1. The molecule has 0 aliphatic heterocycles. The highest BCUT2D eigenvalue weighted by Crippen LogP contribution is 2.29. The zero-order valence-electron chi connectivity index (χ0n) is 17.2. The van der Waals surface area contributed by atoms with Crippen LogP contribution >= 0.6 is 0 Å². The van der Waals surface area contributed by atoms with Gasteiger partial charge in [0.15, 0.2) is 0 Å². The molecule has 29 heavy (non-hydrogen) atoms. The predicted octanol–water partition coefficient (Wildman–Crippen LogP) is 5.15. The van der Waals surface area contributed by atoms with E-state index >= 15 is 0 Å². The first-order chi connectivity index (χ1) is 14.0. The molecule has 3 aromatic carbocycles. The van der Waals surface area contributed by atoms with Gasteiger partial charge in [0.05, 0.1) is 5.60 Å². The molecule has 0 spiro atoms. The monoisotopic (exact) mass is 387 g/mol. The molecule has 0 heterocycles. The van der Waals surface area contributed by atoms with Crippen LogP contribution in [-0.2, 0) is 23.5 Å². The van der Waals surface area contributed by atoms with Crippen molar-refractivity contribution < 1.29 is 9.90 Å². The van der Waals surface area contributed by atoms with Crippen molar-refractivity contribution in [2.45, 2.75) is 39.0 Å². The minimum Gasteiger partial charge on any atom is -0.385 e. The van der Waals surface area contributed by atoms with Crippen LogP contribution in [0.15, 0.2) is 91.0 Å². The van der Waals surface area contributed by atoms with Gasteiger partial charge in [0.1, 0.15) is 0 Å². The summed E-state index contributed by atoms with van der Waals surface area (Å²) in [7, 11) is 0. The molecule has 1 N–H and O–H groups in total. The third kappa shape index (κ3) is 5.78. The number of hydrogen-bond acceptors (Lipinski definition) is 2. The van der Waals surface area contributed by atoms with Crippen molar-refractivity contribution in [1.82, 2.24) is 4.90 Å². The Balaban J connectivity index is 1.77. The van der Waals surface area contributed by atoms with E-state index in [9.17, 15) is 9.90 Å². The van der Waals surface area contributed by atoms with Crippen molar-refractivity contribution in [2.75, 3.05) is 0 Å². The lowest BCUT2D eigenvalue weighted by atomic mass is 9.86. The first-order valence-electron chi connectivity index (χ1n) is 10.1. The van der Waals surface area contributed by atoms with Crippen LogP contribution in [0.2, 0.25) is 0 Å². The van der Waals surface area contributed by atoms with E-state index in [-0.39, 0.29) is 11.8 Å². The van der Waals surface area contributed by atoms with Crippen LogP contribution in [0.4, 0.5) is 0 Å². The number of aliphatic hydroxyl groups is 1. The molecule has 0 radical (unpaired) electrons. The third-order valence-electron chi connectivity index (χ3n) is 5.27. The minimum atomic E-state index is -1.05. The van der Waals surface area contributed by atoms with Gasteiger partial charge in [0.25, 0.3) is 0 Å². The van der Waals surface area contributed by atoms with Gasteiger partial charge in [-0.1, -0.05) is 97.9 Å².